The first-order valence-corrected chi connectivity index (χ1v) is 11.4. The van der Waals surface area contributed by atoms with Gasteiger partial charge < -0.3 is 20.5 Å². The Morgan fingerprint density at radius 2 is 1.78 bits per heavy atom. The first-order chi connectivity index (χ1) is 15.4. The molecule has 3 N–H and O–H groups in total. The molecule has 3 rings (SSSR count). The van der Waals surface area contributed by atoms with Crippen molar-refractivity contribution < 1.29 is 14.6 Å². The molecule has 0 aliphatic carbocycles. The van der Waals surface area contributed by atoms with E-state index >= 15 is 0 Å². The van der Waals surface area contributed by atoms with Crippen molar-refractivity contribution in [3.63, 3.8) is 0 Å². The van der Waals surface area contributed by atoms with Crippen LogP contribution in [0.2, 0.25) is 0 Å². The van der Waals surface area contributed by atoms with Gasteiger partial charge in [0.1, 0.15) is 5.75 Å². The SMILES string of the molecule is COc1cccc(CNC[C@H](O)[C@H](Cc2ccccc2)NC(=O)c2cc(C)cc(Br)c2)c1. The Bertz CT molecular complexity index is 1010. The third-order valence-electron chi connectivity index (χ3n) is 5.20. The molecule has 2 atom stereocenters. The molecule has 3 aromatic carbocycles. The van der Waals surface area contributed by atoms with E-state index in [2.05, 4.69) is 26.6 Å². The lowest BCUT2D eigenvalue weighted by atomic mass is 10.00. The number of carbonyl (C=O) groups is 1. The molecule has 3 aromatic rings. The van der Waals surface area contributed by atoms with Crippen LogP contribution in [0.5, 0.6) is 5.75 Å². The van der Waals surface area contributed by atoms with Gasteiger partial charge in [-0.1, -0.05) is 58.4 Å². The third-order valence-corrected chi connectivity index (χ3v) is 5.66. The van der Waals surface area contributed by atoms with Gasteiger partial charge in [-0.25, -0.2) is 0 Å². The Balaban J connectivity index is 1.67. The van der Waals surface area contributed by atoms with Gasteiger partial charge in [-0.3, -0.25) is 4.79 Å². The summed E-state index contributed by atoms with van der Waals surface area (Å²) in [4.78, 5) is 12.9. The quantitative estimate of drug-likeness (QED) is 0.392. The van der Waals surface area contributed by atoms with E-state index in [0.29, 0.717) is 25.1 Å². The number of amides is 1. The van der Waals surface area contributed by atoms with E-state index in [9.17, 15) is 9.90 Å². The molecule has 0 saturated carbocycles. The molecule has 0 spiro atoms. The zero-order chi connectivity index (χ0) is 22.9. The molecule has 32 heavy (non-hydrogen) atoms. The van der Waals surface area contributed by atoms with Crippen molar-refractivity contribution >= 4 is 21.8 Å². The number of hydrogen-bond donors (Lipinski definition) is 3. The van der Waals surface area contributed by atoms with Crippen molar-refractivity contribution in [3.05, 3.63) is 99.5 Å². The normalized spacial score (nSPS) is 12.8. The second-order valence-electron chi connectivity index (χ2n) is 7.84. The number of carbonyl (C=O) groups excluding carboxylic acids is 1. The first kappa shape index (κ1) is 24.0. The van der Waals surface area contributed by atoms with Gasteiger partial charge in [-0.15, -0.1) is 0 Å². The smallest absolute Gasteiger partial charge is 0.251 e. The Labute approximate surface area is 198 Å². The fourth-order valence-corrected chi connectivity index (χ4v) is 4.17. The van der Waals surface area contributed by atoms with Crippen LogP contribution in [0.4, 0.5) is 0 Å². The van der Waals surface area contributed by atoms with Crippen molar-refractivity contribution in [2.75, 3.05) is 13.7 Å². The third kappa shape index (κ3) is 7.19. The van der Waals surface area contributed by atoms with Gasteiger partial charge in [-0.05, 0) is 60.4 Å². The monoisotopic (exact) mass is 496 g/mol. The maximum absolute atomic E-state index is 12.9. The molecule has 0 aliphatic rings. The van der Waals surface area contributed by atoms with Crippen LogP contribution >= 0.6 is 15.9 Å². The second kappa shape index (κ2) is 11.8. The number of aryl methyl sites for hydroxylation is 1. The molecule has 0 radical (unpaired) electrons. The van der Waals surface area contributed by atoms with E-state index in [1.54, 1.807) is 13.2 Å². The number of aliphatic hydroxyl groups excluding tert-OH is 1. The summed E-state index contributed by atoms with van der Waals surface area (Å²) in [6.07, 6.45) is -0.236. The summed E-state index contributed by atoms with van der Waals surface area (Å²) in [7, 11) is 1.64. The van der Waals surface area contributed by atoms with Crippen molar-refractivity contribution in [1.82, 2.24) is 10.6 Å². The topological polar surface area (TPSA) is 70.6 Å². The van der Waals surface area contributed by atoms with Gasteiger partial charge in [0.15, 0.2) is 0 Å². The van der Waals surface area contributed by atoms with Crippen LogP contribution < -0.4 is 15.4 Å². The summed E-state index contributed by atoms with van der Waals surface area (Å²) in [5.41, 5.74) is 3.66. The molecule has 0 saturated heterocycles. The minimum absolute atomic E-state index is 0.206. The van der Waals surface area contributed by atoms with Crippen LogP contribution in [0.3, 0.4) is 0 Å². The minimum atomic E-state index is -0.766. The van der Waals surface area contributed by atoms with Crippen LogP contribution in [-0.4, -0.2) is 36.8 Å². The van der Waals surface area contributed by atoms with Gasteiger partial charge >= 0.3 is 0 Å². The summed E-state index contributed by atoms with van der Waals surface area (Å²) in [5.74, 6) is 0.588. The summed E-state index contributed by atoms with van der Waals surface area (Å²) in [5, 5.41) is 17.3. The van der Waals surface area contributed by atoms with E-state index in [1.807, 2.05) is 73.7 Å². The van der Waals surface area contributed by atoms with Crippen LogP contribution in [0.1, 0.15) is 27.0 Å². The zero-order valence-corrected chi connectivity index (χ0v) is 19.9. The Morgan fingerprint density at radius 1 is 1.03 bits per heavy atom. The van der Waals surface area contributed by atoms with E-state index in [-0.39, 0.29) is 5.91 Å². The summed E-state index contributed by atoms with van der Waals surface area (Å²) >= 11 is 3.45. The predicted molar refractivity (Wildman–Crippen MR) is 131 cm³/mol. The Hall–Kier alpha value is -2.67. The zero-order valence-electron chi connectivity index (χ0n) is 18.3. The summed E-state index contributed by atoms with van der Waals surface area (Å²) < 4.78 is 6.11. The standard InChI is InChI=1S/C26H29BrN2O3/c1-18-11-21(15-22(27)12-18)26(31)29-24(14-19-7-4-3-5-8-19)25(30)17-28-16-20-9-6-10-23(13-20)32-2/h3-13,15,24-25,28,30H,14,16-17H2,1-2H3,(H,29,31)/t24-,25-/m0/s1. The van der Waals surface area contributed by atoms with Crippen molar-refractivity contribution in [3.8, 4) is 5.75 Å². The molecule has 0 aromatic heterocycles. The van der Waals surface area contributed by atoms with Gasteiger partial charge in [0.05, 0.1) is 19.3 Å². The maximum atomic E-state index is 12.9. The summed E-state index contributed by atoms with van der Waals surface area (Å²) in [6.45, 7) is 2.87. The van der Waals surface area contributed by atoms with Gasteiger partial charge in [-0.2, -0.15) is 0 Å². The molecule has 5 nitrogen and oxygen atoms in total. The van der Waals surface area contributed by atoms with Crippen molar-refractivity contribution in [1.29, 1.82) is 0 Å². The molecule has 0 fully saturated rings. The number of halogens is 1. The van der Waals surface area contributed by atoms with Crippen LogP contribution in [0.15, 0.2) is 77.3 Å². The van der Waals surface area contributed by atoms with Gasteiger partial charge in [0, 0.05) is 23.1 Å². The average Bonchev–Trinajstić information content (AvgIpc) is 2.78. The lowest BCUT2D eigenvalue weighted by molar-refractivity contribution is 0.0830. The fraction of sp³-hybridized carbons (Fsp3) is 0.269. The highest BCUT2D eigenvalue weighted by atomic mass is 79.9. The van der Waals surface area contributed by atoms with E-state index < -0.39 is 12.1 Å². The van der Waals surface area contributed by atoms with E-state index in [1.165, 1.54) is 0 Å². The lowest BCUT2D eigenvalue weighted by Gasteiger charge is -2.25. The number of rotatable bonds is 10. The largest absolute Gasteiger partial charge is 0.497 e. The molecule has 0 aliphatic heterocycles. The minimum Gasteiger partial charge on any atom is -0.497 e. The number of ether oxygens (including phenoxy) is 1. The average molecular weight is 497 g/mol. The molecular formula is C26H29BrN2O3. The highest BCUT2D eigenvalue weighted by molar-refractivity contribution is 9.10. The molecule has 6 heteroatoms. The van der Waals surface area contributed by atoms with Gasteiger partial charge in [0.25, 0.3) is 5.91 Å². The number of methoxy groups -OCH3 is 1. The number of benzene rings is 3. The molecule has 0 unspecified atom stereocenters. The number of aliphatic hydroxyl groups is 1. The van der Waals surface area contributed by atoms with Crippen LogP contribution in [-0.2, 0) is 13.0 Å². The molecule has 0 bridgehead atoms. The maximum Gasteiger partial charge on any atom is 0.251 e. The summed E-state index contributed by atoms with van der Waals surface area (Å²) in [6, 6.07) is 22.8. The Morgan fingerprint density at radius 3 is 2.50 bits per heavy atom. The molecule has 168 valence electrons. The highest BCUT2D eigenvalue weighted by Gasteiger charge is 2.22. The van der Waals surface area contributed by atoms with Crippen LogP contribution in [0.25, 0.3) is 0 Å². The number of hydrogen-bond acceptors (Lipinski definition) is 4. The first-order valence-electron chi connectivity index (χ1n) is 10.6. The van der Waals surface area contributed by atoms with Gasteiger partial charge in [0.2, 0.25) is 0 Å². The van der Waals surface area contributed by atoms with E-state index in [4.69, 9.17) is 4.74 Å². The Kier molecular flexibility index (Phi) is 8.85. The van der Waals surface area contributed by atoms with Crippen molar-refractivity contribution in [2.45, 2.75) is 32.0 Å². The lowest BCUT2D eigenvalue weighted by Crippen LogP contribution is -2.48. The van der Waals surface area contributed by atoms with Crippen LogP contribution in [0, 0.1) is 6.92 Å². The second-order valence-corrected chi connectivity index (χ2v) is 8.75. The van der Waals surface area contributed by atoms with E-state index in [0.717, 1.165) is 26.9 Å². The predicted octanol–water partition coefficient (Wildman–Crippen LogP) is 4.26. The molecule has 0 heterocycles. The fourth-order valence-electron chi connectivity index (χ4n) is 3.56. The number of nitrogens with one attached hydrogen (secondary N) is 2. The molecular weight excluding hydrogens is 468 g/mol. The highest BCUT2D eigenvalue weighted by Crippen LogP contribution is 2.16. The van der Waals surface area contributed by atoms with Crippen molar-refractivity contribution in [2.24, 2.45) is 0 Å². The molecule has 1 amide bonds.